The summed E-state index contributed by atoms with van der Waals surface area (Å²) in [5.41, 5.74) is 1.51. The first-order valence-corrected chi connectivity index (χ1v) is 7.83. The van der Waals surface area contributed by atoms with Gasteiger partial charge in [0.15, 0.2) is 6.29 Å². The SMILES string of the molecule is O=Cc1cn(-c2ccc(Cl)c(F)c2)nc1-c1ccc(Br)s1. The van der Waals surface area contributed by atoms with E-state index in [0.29, 0.717) is 16.9 Å². The van der Waals surface area contributed by atoms with E-state index < -0.39 is 5.82 Å². The number of halogens is 3. The lowest BCUT2D eigenvalue weighted by atomic mass is 10.2. The van der Waals surface area contributed by atoms with Crippen LogP contribution in [0.5, 0.6) is 0 Å². The molecule has 106 valence electrons. The molecule has 21 heavy (non-hydrogen) atoms. The standard InChI is InChI=1S/C14H7BrClFN2OS/c15-13-4-3-12(21-13)14-8(7-20)6-19(18-14)9-1-2-10(16)11(17)5-9/h1-7H. The Hall–Kier alpha value is -1.50. The summed E-state index contributed by atoms with van der Waals surface area (Å²) >= 11 is 10.5. The maximum atomic E-state index is 13.5. The Kier molecular flexibility index (Phi) is 3.93. The van der Waals surface area contributed by atoms with Crippen LogP contribution in [0.4, 0.5) is 4.39 Å². The highest BCUT2D eigenvalue weighted by molar-refractivity contribution is 9.11. The molecule has 0 spiro atoms. The van der Waals surface area contributed by atoms with E-state index in [-0.39, 0.29) is 5.02 Å². The van der Waals surface area contributed by atoms with Crippen LogP contribution in [-0.4, -0.2) is 16.1 Å². The average molecular weight is 386 g/mol. The van der Waals surface area contributed by atoms with Gasteiger partial charge in [-0.2, -0.15) is 5.10 Å². The summed E-state index contributed by atoms with van der Waals surface area (Å²) in [6.45, 7) is 0. The van der Waals surface area contributed by atoms with Gasteiger partial charge in [-0.15, -0.1) is 11.3 Å². The molecule has 2 aromatic heterocycles. The maximum absolute atomic E-state index is 13.5. The molecule has 2 heterocycles. The molecule has 0 unspecified atom stereocenters. The molecule has 0 atom stereocenters. The Balaban J connectivity index is 2.10. The van der Waals surface area contributed by atoms with Gasteiger partial charge in [0, 0.05) is 12.3 Å². The zero-order valence-electron chi connectivity index (χ0n) is 10.4. The average Bonchev–Trinajstić information content (AvgIpc) is 3.07. The van der Waals surface area contributed by atoms with Crippen LogP contribution in [0, 0.1) is 5.82 Å². The fourth-order valence-corrected chi connectivity index (χ4v) is 3.38. The molecule has 0 fully saturated rings. The second kappa shape index (κ2) is 5.71. The minimum Gasteiger partial charge on any atom is -0.298 e. The highest BCUT2D eigenvalue weighted by Crippen LogP contribution is 2.32. The molecule has 3 aromatic rings. The molecule has 0 amide bonds. The van der Waals surface area contributed by atoms with Gasteiger partial charge in [0.2, 0.25) is 0 Å². The van der Waals surface area contributed by atoms with Crippen LogP contribution < -0.4 is 0 Å². The molecule has 0 bridgehead atoms. The largest absolute Gasteiger partial charge is 0.298 e. The molecule has 1 aromatic carbocycles. The van der Waals surface area contributed by atoms with Crippen LogP contribution in [0.15, 0.2) is 40.3 Å². The van der Waals surface area contributed by atoms with Gasteiger partial charge in [0.25, 0.3) is 0 Å². The minimum absolute atomic E-state index is 0.0453. The molecular weight excluding hydrogens is 379 g/mol. The van der Waals surface area contributed by atoms with E-state index in [1.165, 1.54) is 28.2 Å². The second-order valence-corrected chi connectivity index (χ2v) is 7.07. The van der Waals surface area contributed by atoms with Gasteiger partial charge in [-0.1, -0.05) is 11.6 Å². The van der Waals surface area contributed by atoms with Crippen LogP contribution in [0.3, 0.4) is 0 Å². The number of carbonyl (C=O) groups is 1. The van der Waals surface area contributed by atoms with Crippen molar-refractivity contribution in [2.75, 3.05) is 0 Å². The first-order chi connectivity index (χ1) is 10.1. The normalized spacial score (nSPS) is 10.8. The molecule has 0 saturated heterocycles. The van der Waals surface area contributed by atoms with Crippen LogP contribution in [0.25, 0.3) is 16.3 Å². The summed E-state index contributed by atoms with van der Waals surface area (Å²) < 4.78 is 15.9. The van der Waals surface area contributed by atoms with Crippen LogP contribution in [-0.2, 0) is 0 Å². The number of carbonyl (C=O) groups excluding carboxylic acids is 1. The number of aldehydes is 1. The van der Waals surface area contributed by atoms with Gasteiger partial charge in [-0.05, 0) is 40.2 Å². The number of aromatic nitrogens is 2. The van der Waals surface area contributed by atoms with Crippen molar-refractivity contribution in [3.63, 3.8) is 0 Å². The summed E-state index contributed by atoms with van der Waals surface area (Å²) in [5, 5.41) is 4.42. The molecule has 0 saturated carbocycles. The molecule has 0 N–H and O–H groups in total. The molecule has 7 heteroatoms. The van der Waals surface area contributed by atoms with Crippen LogP contribution in [0.1, 0.15) is 10.4 Å². The van der Waals surface area contributed by atoms with Crippen molar-refractivity contribution in [1.82, 2.24) is 9.78 Å². The van der Waals surface area contributed by atoms with E-state index in [9.17, 15) is 9.18 Å². The fraction of sp³-hybridized carbons (Fsp3) is 0. The van der Waals surface area contributed by atoms with Crippen LogP contribution in [0.2, 0.25) is 5.02 Å². The van der Waals surface area contributed by atoms with E-state index in [1.807, 2.05) is 12.1 Å². The highest BCUT2D eigenvalue weighted by atomic mass is 79.9. The second-order valence-electron chi connectivity index (χ2n) is 4.20. The quantitative estimate of drug-likeness (QED) is 0.597. The van der Waals surface area contributed by atoms with E-state index in [4.69, 9.17) is 11.6 Å². The summed E-state index contributed by atoms with van der Waals surface area (Å²) in [7, 11) is 0. The highest BCUT2D eigenvalue weighted by Gasteiger charge is 2.14. The first-order valence-electron chi connectivity index (χ1n) is 5.84. The van der Waals surface area contributed by atoms with E-state index >= 15 is 0 Å². The Bertz CT molecular complexity index is 830. The Morgan fingerprint density at radius 3 is 2.76 bits per heavy atom. The molecule has 0 radical (unpaired) electrons. The number of hydrogen-bond acceptors (Lipinski definition) is 3. The Morgan fingerprint density at radius 2 is 2.14 bits per heavy atom. The monoisotopic (exact) mass is 384 g/mol. The summed E-state index contributed by atoms with van der Waals surface area (Å²) in [4.78, 5) is 12.1. The van der Waals surface area contributed by atoms with Gasteiger partial charge in [0.1, 0.15) is 11.5 Å². The Labute approximate surface area is 137 Å². The van der Waals surface area contributed by atoms with Crippen molar-refractivity contribution in [2.45, 2.75) is 0 Å². The third kappa shape index (κ3) is 2.79. The first kappa shape index (κ1) is 14.4. The van der Waals surface area contributed by atoms with Crippen molar-refractivity contribution >= 4 is 45.2 Å². The van der Waals surface area contributed by atoms with Gasteiger partial charge in [0.05, 0.1) is 24.9 Å². The predicted octanol–water partition coefficient (Wildman–Crippen LogP) is 4.97. The van der Waals surface area contributed by atoms with Crippen molar-refractivity contribution in [1.29, 1.82) is 0 Å². The maximum Gasteiger partial charge on any atom is 0.153 e. The number of nitrogens with zero attached hydrogens (tertiary/aromatic N) is 2. The lowest BCUT2D eigenvalue weighted by molar-refractivity contribution is 0.112. The third-order valence-electron chi connectivity index (χ3n) is 2.84. The van der Waals surface area contributed by atoms with E-state index in [2.05, 4.69) is 21.0 Å². The summed E-state index contributed by atoms with van der Waals surface area (Å²) in [6, 6.07) is 8.13. The number of thiophene rings is 1. The van der Waals surface area contributed by atoms with Gasteiger partial charge < -0.3 is 0 Å². The fourth-order valence-electron chi connectivity index (χ4n) is 1.87. The number of rotatable bonds is 3. The van der Waals surface area contributed by atoms with Gasteiger partial charge in [-0.3, -0.25) is 4.79 Å². The predicted molar refractivity (Wildman–Crippen MR) is 84.9 cm³/mol. The molecule has 3 nitrogen and oxygen atoms in total. The van der Waals surface area contributed by atoms with E-state index in [0.717, 1.165) is 14.9 Å². The van der Waals surface area contributed by atoms with Gasteiger partial charge in [-0.25, -0.2) is 9.07 Å². The topological polar surface area (TPSA) is 34.9 Å². The molecular formula is C14H7BrClFN2OS. The van der Waals surface area contributed by atoms with Crippen molar-refractivity contribution in [3.05, 3.63) is 56.7 Å². The van der Waals surface area contributed by atoms with Gasteiger partial charge >= 0.3 is 0 Å². The smallest absolute Gasteiger partial charge is 0.153 e. The summed E-state index contributed by atoms with van der Waals surface area (Å²) in [6.07, 6.45) is 2.30. The lowest BCUT2D eigenvalue weighted by Crippen LogP contribution is -1.95. The zero-order valence-corrected chi connectivity index (χ0v) is 13.5. The molecule has 0 aliphatic carbocycles. The number of hydrogen-bond donors (Lipinski definition) is 0. The van der Waals surface area contributed by atoms with Crippen molar-refractivity contribution < 1.29 is 9.18 Å². The molecule has 0 aliphatic heterocycles. The molecule has 3 rings (SSSR count). The van der Waals surface area contributed by atoms with Crippen molar-refractivity contribution in [2.24, 2.45) is 0 Å². The van der Waals surface area contributed by atoms with Crippen molar-refractivity contribution in [3.8, 4) is 16.3 Å². The summed E-state index contributed by atoms with van der Waals surface area (Å²) in [5.74, 6) is -0.530. The lowest BCUT2D eigenvalue weighted by Gasteiger charge is -2.02. The zero-order chi connectivity index (χ0) is 15.0. The minimum atomic E-state index is -0.530. The molecule has 0 aliphatic rings. The third-order valence-corrected chi connectivity index (χ3v) is 4.78. The van der Waals surface area contributed by atoms with E-state index in [1.54, 1.807) is 12.3 Å². The van der Waals surface area contributed by atoms with Crippen LogP contribution >= 0.6 is 38.9 Å². The Morgan fingerprint density at radius 1 is 1.33 bits per heavy atom. The number of benzene rings is 1.